The minimum absolute atomic E-state index is 0. The van der Waals surface area contributed by atoms with Crippen LogP contribution >= 0.6 is 24.2 Å². The third kappa shape index (κ3) is 1.50. The lowest BCUT2D eigenvalue weighted by Gasteiger charge is -2.05. The van der Waals surface area contributed by atoms with Crippen LogP contribution in [0.2, 0.25) is 0 Å². The van der Waals surface area contributed by atoms with Crippen LogP contribution in [0.15, 0.2) is 0 Å². The normalized spacial score (nSPS) is 19.2. The van der Waals surface area contributed by atoms with Gasteiger partial charge < -0.3 is 0 Å². The van der Waals surface area contributed by atoms with E-state index >= 15 is 0 Å². The smallest absolute Gasteiger partial charge is 0.00597 e. The molecular weight excluding hydrogens is 104 g/mol. The maximum atomic E-state index is 2.04. The van der Waals surface area contributed by atoms with Crippen molar-refractivity contribution < 1.29 is 0 Å². The van der Waals surface area contributed by atoms with Crippen LogP contribution in [0.3, 0.4) is 0 Å². The highest BCUT2D eigenvalue weighted by Crippen LogP contribution is 2.14. The van der Waals surface area contributed by atoms with Crippen molar-refractivity contribution in [2.75, 3.05) is 11.5 Å². The van der Waals surface area contributed by atoms with Crippen molar-refractivity contribution in [2.45, 2.75) is 6.42 Å². The summed E-state index contributed by atoms with van der Waals surface area (Å²) >= 11 is 2.04. The van der Waals surface area contributed by atoms with Gasteiger partial charge in [0, 0.05) is 0 Å². The van der Waals surface area contributed by atoms with E-state index < -0.39 is 0 Å². The molecule has 1 aliphatic rings. The van der Waals surface area contributed by atoms with Crippen LogP contribution in [-0.2, 0) is 0 Å². The Morgan fingerprint density at radius 1 is 1.20 bits per heavy atom. The van der Waals surface area contributed by atoms with Gasteiger partial charge in [0.05, 0.1) is 0 Å². The lowest BCUT2D eigenvalue weighted by molar-refractivity contribution is 1.06. The molecule has 5 heavy (non-hydrogen) atoms. The average molecular weight is 111 g/mol. The summed E-state index contributed by atoms with van der Waals surface area (Å²) in [5.41, 5.74) is 0. The molecule has 1 aliphatic heterocycles. The molecule has 0 radical (unpaired) electrons. The Morgan fingerprint density at radius 2 is 1.40 bits per heavy atom. The monoisotopic (exact) mass is 110 g/mol. The van der Waals surface area contributed by atoms with Gasteiger partial charge in [-0.1, -0.05) is 0 Å². The number of hydrogen-bond acceptors (Lipinski definition) is 1. The minimum Gasteiger partial charge on any atom is -0.162 e. The number of hydrogen-bond donors (Lipinski definition) is 0. The first-order valence-electron chi connectivity index (χ1n) is 1.58. The van der Waals surface area contributed by atoms with E-state index in [1.165, 1.54) is 17.9 Å². The second-order valence-corrected chi connectivity index (χ2v) is 2.19. The van der Waals surface area contributed by atoms with Crippen LogP contribution in [0.25, 0.3) is 0 Å². The summed E-state index contributed by atoms with van der Waals surface area (Å²) in [6.07, 6.45) is 1.46. The third-order valence-corrected chi connectivity index (χ3v) is 1.73. The number of rotatable bonds is 0. The minimum atomic E-state index is 0. The van der Waals surface area contributed by atoms with Crippen molar-refractivity contribution in [3.05, 3.63) is 0 Å². The first-order valence-corrected chi connectivity index (χ1v) is 2.73. The fourth-order valence-electron chi connectivity index (χ4n) is 0.144. The molecule has 0 N–H and O–H groups in total. The molecule has 0 amide bonds. The summed E-state index contributed by atoms with van der Waals surface area (Å²) < 4.78 is 0. The van der Waals surface area contributed by atoms with Gasteiger partial charge in [-0.2, -0.15) is 11.8 Å². The Bertz CT molecular complexity index is 14.9. The molecule has 0 atom stereocenters. The molecule has 1 fully saturated rings. The fourth-order valence-corrected chi connectivity index (χ4v) is 0.433. The van der Waals surface area contributed by atoms with Crippen LogP contribution in [0.4, 0.5) is 0 Å². The predicted octanol–water partition coefficient (Wildman–Crippen LogP) is 1.55. The Labute approximate surface area is 42.7 Å². The van der Waals surface area contributed by atoms with Crippen molar-refractivity contribution in [3.63, 3.8) is 0 Å². The first kappa shape index (κ1) is 5.64. The van der Waals surface area contributed by atoms with Gasteiger partial charge >= 0.3 is 0 Å². The van der Waals surface area contributed by atoms with E-state index in [1.54, 1.807) is 0 Å². The second-order valence-electron chi connectivity index (χ2n) is 0.966. The molecular formula is C3H7ClS. The highest BCUT2D eigenvalue weighted by atomic mass is 35.5. The molecule has 1 heterocycles. The highest BCUT2D eigenvalue weighted by molar-refractivity contribution is 8.00. The van der Waals surface area contributed by atoms with E-state index in [0.29, 0.717) is 0 Å². The van der Waals surface area contributed by atoms with Crippen LogP contribution < -0.4 is 0 Å². The zero-order valence-corrected chi connectivity index (χ0v) is 4.57. The number of halogens is 1. The van der Waals surface area contributed by atoms with E-state index in [2.05, 4.69) is 0 Å². The maximum Gasteiger partial charge on any atom is -0.00597 e. The zero-order valence-electron chi connectivity index (χ0n) is 2.94. The van der Waals surface area contributed by atoms with Gasteiger partial charge in [0.1, 0.15) is 0 Å². The van der Waals surface area contributed by atoms with E-state index in [9.17, 15) is 0 Å². The molecule has 1 rings (SSSR count). The van der Waals surface area contributed by atoms with Gasteiger partial charge in [-0.3, -0.25) is 0 Å². The average Bonchev–Trinajstić information content (AvgIpc) is 0.722. The molecule has 2 heteroatoms. The molecule has 0 aromatic rings. The Kier molecular flexibility index (Phi) is 3.22. The Balaban J connectivity index is 0.000000160. The van der Waals surface area contributed by atoms with Crippen molar-refractivity contribution in [1.29, 1.82) is 0 Å². The number of thioether (sulfide) groups is 1. The van der Waals surface area contributed by atoms with Gasteiger partial charge in [0.25, 0.3) is 0 Å². The van der Waals surface area contributed by atoms with Crippen molar-refractivity contribution in [1.82, 2.24) is 0 Å². The van der Waals surface area contributed by atoms with Gasteiger partial charge in [-0.05, 0) is 17.9 Å². The van der Waals surface area contributed by atoms with Gasteiger partial charge in [-0.25, -0.2) is 0 Å². The van der Waals surface area contributed by atoms with E-state index in [1.807, 2.05) is 11.8 Å². The molecule has 0 unspecified atom stereocenters. The molecule has 0 aromatic heterocycles. The zero-order chi connectivity index (χ0) is 2.83. The summed E-state index contributed by atoms with van der Waals surface area (Å²) in [4.78, 5) is 0. The van der Waals surface area contributed by atoms with Gasteiger partial charge in [-0.15, -0.1) is 12.4 Å². The third-order valence-electron chi connectivity index (χ3n) is 0.577. The van der Waals surface area contributed by atoms with E-state index in [-0.39, 0.29) is 12.4 Å². The molecule has 0 aliphatic carbocycles. The summed E-state index contributed by atoms with van der Waals surface area (Å²) in [7, 11) is 0. The lowest BCUT2D eigenvalue weighted by atomic mass is 10.6. The fraction of sp³-hybridized carbons (Fsp3) is 1.00. The summed E-state index contributed by atoms with van der Waals surface area (Å²) in [6.45, 7) is 0. The van der Waals surface area contributed by atoms with Crippen LogP contribution in [0.1, 0.15) is 6.42 Å². The maximum absolute atomic E-state index is 2.04. The summed E-state index contributed by atoms with van der Waals surface area (Å²) in [6, 6.07) is 0. The Morgan fingerprint density at radius 3 is 1.40 bits per heavy atom. The first-order chi connectivity index (χ1) is 2.00. The van der Waals surface area contributed by atoms with Gasteiger partial charge in [0.15, 0.2) is 0 Å². The molecule has 32 valence electrons. The van der Waals surface area contributed by atoms with Crippen LogP contribution in [0.5, 0.6) is 0 Å². The molecule has 0 bridgehead atoms. The molecule has 0 nitrogen and oxygen atoms in total. The SMILES string of the molecule is C1CSC1.Cl. The summed E-state index contributed by atoms with van der Waals surface area (Å²) in [5, 5.41) is 0. The molecule has 1 saturated heterocycles. The largest absolute Gasteiger partial charge is 0.162 e. The summed E-state index contributed by atoms with van der Waals surface area (Å²) in [5.74, 6) is 2.83. The topological polar surface area (TPSA) is 0 Å². The molecule has 0 spiro atoms. The lowest BCUT2D eigenvalue weighted by Crippen LogP contribution is -1.94. The van der Waals surface area contributed by atoms with Crippen molar-refractivity contribution >= 4 is 24.2 Å². The van der Waals surface area contributed by atoms with Crippen LogP contribution in [0, 0.1) is 0 Å². The van der Waals surface area contributed by atoms with Crippen molar-refractivity contribution in [2.24, 2.45) is 0 Å². The van der Waals surface area contributed by atoms with Crippen molar-refractivity contribution in [3.8, 4) is 0 Å². The standard InChI is InChI=1S/C3H6S.ClH/c1-2-4-3-1;/h1-3H2;1H. The van der Waals surface area contributed by atoms with E-state index in [0.717, 1.165) is 0 Å². The molecule has 0 saturated carbocycles. The second kappa shape index (κ2) is 2.86. The quantitative estimate of drug-likeness (QED) is 0.456. The van der Waals surface area contributed by atoms with Crippen LogP contribution in [-0.4, -0.2) is 11.5 Å². The van der Waals surface area contributed by atoms with E-state index in [4.69, 9.17) is 0 Å². The Hall–Kier alpha value is 0.640. The predicted molar refractivity (Wildman–Crippen MR) is 29.2 cm³/mol. The highest BCUT2D eigenvalue weighted by Gasteiger charge is 1.95. The molecule has 0 aromatic carbocycles. The van der Waals surface area contributed by atoms with Gasteiger partial charge in [0.2, 0.25) is 0 Å².